The number of anilines is 1. The van der Waals surface area contributed by atoms with Crippen LogP contribution in [0.25, 0.3) is 0 Å². The summed E-state index contributed by atoms with van der Waals surface area (Å²) in [5.74, 6) is -0.895. The Morgan fingerprint density at radius 2 is 1.88 bits per heavy atom. The molecule has 0 radical (unpaired) electrons. The molecule has 9 heteroatoms. The molecular formula is C16H15Cl3N2O4. The fraction of sp³-hybridized carbons (Fsp3) is 0.250. The minimum Gasteiger partial charge on any atom is -0.462 e. The summed E-state index contributed by atoms with van der Waals surface area (Å²) in [6.07, 6.45) is 0.324. The highest BCUT2D eigenvalue weighted by Crippen LogP contribution is 2.31. The molecule has 0 fully saturated rings. The fourth-order valence-electron chi connectivity index (χ4n) is 1.89. The van der Waals surface area contributed by atoms with Crippen LogP contribution in [-0.4, -0.2) is 28.4 Å². The molecule has 1 amide bonds. The van der Waals surface area contributed by atoms with Crippen LogP contribution in [0.15, 0.2) is 47.1 Å². The number of hydrogen-bond donors (Lipinski definition) is 2. The zero-order chi connectivity index (χ0) is 18.4. The number of nitrogens with one attached hydrogen (secondary N) is 2. The number of carbonyl (C=O) groups is 2. The summed E-state index contributed by atoms with van der Waals surface area (Å²) in [6.45, 7) is 2.01. The van der Waals surface area contributed by atoms with Gasteiger partial charge in [-0.25, -0.2) is 4.79 Å². The van der Waals surface area contributed by atoms with Gasteiger partial charge in [-0.2, -0.15) is 0 Å². The summed E-state index contributed by atoms with van der Waals surface area (Å²) in [5, 5.41) is 5.42. The molecule has 2 rings (SSSR count). The van der Waals surface area contributed by atoms with Crippen LogP contribution in [0, 0.1) is 0 Å². The first-order valence-corrected chi connectivity index (χ1v) is 8.39. The van der Waals surface area contributed by atoms with Gasteiger partial charge in [-0.05, 0) is 43.3 Å². The van der Waals surface area contributed by atoms with Crippen molar-refractivity contribution in [1.29, 1.82) is 0 Å². The average molecular weight is 406 g/mol. The van der Waals surface area contributed by atoms with Gasteiger partial charge < -0.3 is 19.8 Å². The lowest BCUT2D eigenvalue weighted by Crippen LogP contribution is -2.49. The van der Waals surface area contributed by atoms with Gasteiger partial charge in [0.1, 0.15) is 6.17 Å². The van der Waals surface area contributed by atoms with Gasteiger partial charge in [0.25, 0.3) is 5.91 Å². The van der Waals surface area contributed by atoms with E-state index in [9.17, 15) is 9.59 Å². The third kappa shape index (κ3) is 5.56. The number of rotatable bonds is 6. The summed E-state index contributed by atoms with van der Waals surface area (Å²) in [7, 11) is 0. The normalized spacial score (nSPS) is 12.3. The fourth-order valence-corrected chi connectivity index (χ4v) is 2.22. The lowest BCUT2D eigenvalue weighted by molar-refractivity contribution is 0.0526. The molecule has 0 aliphatic carbocycles. The van der Waals surface area contributed by atoms with Crippen molar-refractivity contribution < 1.29 is 18.7 Å². The van der Waals surface area contributed by atoms with Crippen LogP contribution in [-0.2, 0) is 4.74 Å². The molecule has 1 unspecified atom stereocenters. The molecule has 0 saturated heterocycles. The number of ether oxygens (including phenoxy) is 1. The van der Waals surface area contributed by atoms with E-state index in [0.717, 1.165) is 0 Å². The molecule has 1 atom stereocenters. The smallest absolute Gasteiger partial charge is 0.338 e. The minimum atomic E-state index is -1.83. The van der Waals surface area contributed by atoms with Crippen LogP contribution in [0.5, 0.6) is 0 Å². The molecule has 0 aliphatic rings. The second-order valence-electron chi connectivity index (χ2n) is 4.87. The van der Waals surface area contributed by atoms with Crippen LogP contribution >= 0.6 is 34.8 Å². The Hall–Kier alpha value is -1.89. The first kappa shape index (κ1) is 19.4. The van der Waals surface area contributed by atoms with E-state index in [1.54, 1.807) is 37.3 Å². The largest absolute Gasteiger partial charge is 0.462 e. The Balaban J connectivity index is 2.09. The van der Waals surface area contributed by atoms with Gasteiger partial charge >= 0.3 is 5.97 Å². The highest BCUT2D eigenvalue weighted by Gasteiger charge is 2.34. The van der Waals surface area contributed by atoms with Crippen molar-refractivity contribution in [3.8, 4) is 0 Å². The molecule has 0 bridgehead atoms. The van der Waals surface area contributed by atoms with Crippen molar-refractivity contribution in [3.63, 3.8) is 0 Å². The maximum absolute atomic E-state index is 12.1. The lowest BCUT2D eigenvalue weighted by atomic mass is 10.2. The van der Waals surface area contributed by atoms with Crippen LogP contribution in [0.3, 0.4) is 0 Å². The predicted molar refractivity (Wildman–Crippen MR) is 96.3 cm³/mol. The number of hydrogen-bond acceptors (Lipinski definition) is 5. The van der Waals surface area contributed by atoms with Crippen LogP contribution in [0.4, 0.5) is 5.69 Å². The average Bonchev–Trinajstić information content (AvgIpc) is 3.08. The van der Waals surface area contributed by atoms with Crippen LogP contribution in [0.2, 0.25) is 0 Å². The molecule has 0 spiro atoms. The minimum absolute atomic E-state index is 0.0821. The van der Waals surface area contributed by atoms with E-state index in [2.05, 4.69) is 10.6 Å². The van der Waals surface area contributed by atoms with E-state index in [1.165, 1.54) is 12.3 Å². The maximum Gasteiger partial charge on any atom is 0.338 e. The SMILES string of the molecule is CCOC(=O)c1ccc(NC(NC(=O)c2ccco2)C(Cl)(Cl)Cl)cc1. The summed E-state index contributed by atoms with van der Waals surface area (Å²) in [4.78, 5) is 23.7. The number of furan rings is 1. The highest BCUT2D eigenvalue weighted by atomic mass is 35.6. The number of halogens is 3. The number of amides is 1. The summed E-state index contributed by atoms with van der Waals surface area (Å²) < 4.78 is 8.08. The Morgan fingerprint density at radius 1 is 1.20 bits per heavy atom. The molecule has 25 heavy (non-hydrogen) atoms. The number of benzene rings is 1. The quantitative estimate of drug-likeness (QED) is 0.431. The summed E-state index contributed by atoms with van der Waals surface area (Å²) in [6, 6.07) is 9.39. The molecule has 2 aromatic rings. The molecule has 0 aliphatic heterocycles. The monoisotopic (exact) mass is 404 g/mol. The van der Waals surface area contributed by atoms with Crippen molar-refractivity contribution in [1.82, 2.24) is 5.32 Å². The Kier molecular flexibility index (Phi) is 6.58. The van der Waals surface area contributed by atoms with Crippen molar-refractivity contribution in [2.24, 2.45) is 0 Å². The molecule has 0 saturated carbocycles. The molecule has 2 N–H and O–H groups in total. The second-order valence-corrected chi connectivity index (χ2v) is 7.24. The van der Waals surface area contributed by atoms with E-state index >= 15 is 0 Å². The van der Waals surface area contributed by atoms with Crippen molar-refractivity contribution >= 4 is 52.4 Å². The van der Waals surface area contributed by atoms with E-state index < -0.39 is 21.8 Å². The van der Waals surface area contributed by atoms with Gasteiger partial charge in [0, 0.05) is 5.69 Å². The van der Waals surface area contributed by atoms with Gasteiger partial charge in [-0.15, -0.1) is 0 Å². The van der Waals surface area contributed by atoms with Crippen molar-refractivity contribution in [2.45, 2.75) is 16.9 Å². The van der Waals surface area contributed by atoms with Crippen LogP contribution in [0.1, 0.15) is 27.8 Å². The zero-order valence-electron chi connectivity index (χ0n) is 13.1. The Labute approximate surface area is 159 Å². The first-order chi connectivity index (χ1) is 11.8. The first-order valence-electron chi connectivity index (χ1n) is 7.26. The van der Waals surface area contributed by atoms with Gasteiger partial charge in [-0.3, -0.25) is 4.79 Å². The third-order valence-electron chi connectivity index (χ3n) is 3.05. The Bertz CT molecular complexity index is 712. The topological polar surface area (TPSA) is 80.6 Å². The van der Waals surface area contributed by atoms with Gasteiger partial charge in [0.2, 0.25) is 3.79 Å². The van der Waals surface area contributed by atoms with Gasteiger partial charge in [0.15, 0.2) is 5.76 Å². The molecule has 1 aromatic carbocycles. The molecule has 1 heterocycles. The summed E-state index contributed by atoms with van der Waals surface area (Å²) >= 11 is 17.8. The van der Waals surface area contributed by atoms with E-state index in [4.69, 9.17) is 44.0 Å². The third-order valence-corrected chi connectivity index (χ3v) is 3.71. The Morgan fingerprint density at radius 3 is 2.40 bits per heavy atom. The standard InChI is InChI=1S/C16H15Cl3N2O4/c1-2-24-14(23)10-5-7-11(8-6-10)20-15(16(17,18)19)21-13(22)12-4-3-9-25-12/h3-9,15,20H,2H2,1H3,(H,21,22). The number of carbonyl (C=O) groups excluding carboxylic acids is 2. The van der Waals surface area contributed by atoms with E-state index in [0.29, 0.717) is 11.3 Å². The maximum atomic E-state index is 12.1. The summed E-state index contributed by atoms with van der Waals surface area (Å²) in [5.41, 5.74) is 0.918. The number of esters is 1. The zero-order valence-corrected chi connectivity index (χ0v) is 15.4. The number of alkyl halides is 3. The van der Waals surface area contributed by atoms with Crippen molar-refractivity contribution in [3.05, 3.63) is 54.0 Å². The lowest BCUT2D eigenvalue weighted by Gasteiger charge is -2.27. The van der Waals surface area contributed by atoms with E-state index in [1.807, 2.05) is 0 Å². The molecule has 1 aromatic heterocycles. The predicted octanol–water partition coefficient (Wildman–Crippen LogP) is 3.99. The molecule has 6 nitrogen and oxygen atoms in total. The molecular weight excluding hydrogens is 391 g/mol. The molecule has 134 valence electrons. The van der Waals surface area contributed by atoms with Gasteiger partial charge in [0.05, 0.1) is 18.4 Å². The van der Waals surface area contributed by atoms with Crippen LogP contribution < -0.4 is 10.6 Å². The van der Waals surface area contributed by atoms with Gasteiger partial charge in [-0.1, -0.05) is 34.8 Å². The van der Waals surface area contributed by atoms with E-state index in [-0.39, 0.29) is 12.4 Å². The highest BCUT2D eigenvalue weighted by molar-refractivity contribution is 6.68. The second kappa shape index (κ2) is 8.47. The van der Waals surface area contributed by atoms with Crippen molar-refractivity contribution in [2.75, 3.05) is 11.9 Å².